The molecular weight excluding hydrogens is 354 g/mol. The number of nitrogens with zero attached hydrogens (tertiary/aromatic N) is 1. The minimum atomic E-state index is -3.64. The van der Waals surface area contributed by atoms with E-state index in [0.717, 1.165) is 39.6 Å². The quantitative estimate of drug-likeness (QED) is 0.702. The first-order valence-electron chi connectivity index (χ1n) is 8.64. The lowest BCUT2D eigenvalue weighted by Gasteiger charge is -2.33. The SMILES string of the molecule is CCCS(=O)(=O)ON1c2cccc(CC)c2Sc2cccc(CC)c21. The molecule has 1 heterocycles. The average molecular weight is 378 g/mol. The highest BCUT2D eigenvalue weighted by Crippen LogP contribution is 2.51. The Labute approximate surface area is 154 Å². The van der Waals surface area contributed by atoms with Crippen molar-refractivity contribution in [2.75, 3.05) is 10.8 Å². The molecule has 0 saturated carbocycles. The van der Waals surface area contributed by atoms with Gasteiger partial charge in [-0.05, 0) is 42.5 Å². The molecule has 0 spiro atoms. The van der Waals surface area contributed by atoms with Gasteiger partial charge in [-0.1, -0.05) is 56.8 Å². The Morgan fingerprint density at radius 2 is 1.68 bits per heavy atom. The van der Waals surface area contributed by atoms with Crippen molar-refractivity contribution >= 4 is 33.3 Å². The molecule has 1 aliphatic rings. The van der Waals surface area contributed by atoms with E-state index < -0.39 is 10.1 Å². The summed E-state index contributed by atoms with van der Waals surface area (Å²) < 4.78 is 30.4. The van der Waals surface area contributed by atoms with Crippen LogP contribution in [0.5, 0.6) is 0 Å². The maximum atomic E-state index is 12.4. The zero-order valence-electron chi connectivity index (χ0n) is 14.8. The summed E-state index contributed by atoms with van der Waals surface area (Å²) in [5.41, 5.74) is 3.91. The van der Waals surface area contributed by atoms with Crippen LogP contribution >= 0.6 is 11.8 Å². The van der Waals surface area contributed by atoms with Gasteiger partial charge in [0.05, 0.1) is 17.1 Å². The van der Waals surface area contributed by atoms with E-state index in [1.807, 2.05) is 37.3 Å². The zero-order valence-corrected chi connectivity index (χ0v) is 16.4. The molecule has 0 fully saturated rings. The Morgan fingerprint density at radius 3 is 2.36 bits per heavy atom. The van der Waals surface area contributed by atoms with Gasteiger partial charge in [-0.3, -0.25) is 0 Å². The Bertz CT molecular complexity index is 878. The Balaban J connectivity index is 2.19. The Kier molecular flexibility index (Phi) is 5.41. The van der Waals surface area contributed by atoms with Crippen LogP contribution in [-0.2, 0) is 27.2 Å². The van der Waals surface area contributed by atoms with Gasteiger partial charge in [0.1, 0.15) is 0 Å². The van der Waals surface area contributed by atoms with Crippen molar-refractivity contribution < 1.29 is 12.7 Å². The monoisotopic (exact) mass is 377 g/mol. The van der Waals surface area contributed by atoms with Crippen LogP contribution in [0.3, 0.4) is 0 Å². The summed E-state index contributed by atoms with van der Waals surface area (Å²) in [5.74, 6) is 0.00305. The summed E-state index contributed by atoms with van der Waals surface area (Å²) in [6.07, 6.45) is 2.21. The third kappa shape index (κ3) is 3.57. The predicted octanol–water partition coefficient (Wildman–Crippen LogP) is 5.09. The van der Waals surface area contributed by atoms with E-state index in [0.29, 0.717) is 6.42 Å². The van der Waals surface area contributed by atoms with Crippen LogP contribution in [0.15, 0.2) is 46.2 Å². The highest BCUT2D eigenvalue weighted by Gasteiger charge is 2.31. The van der Waals surface area contributed by atoms with Gasteiger partial charge in [0, 0.05) is 9.79 Å². The van der Waals surface area contributed by atoms with Crippen molar-refractivity contribution in [3.05, 3.63) is 47.5 Å². The molecule has 0 aliphatic carbocycles. The molecule has 2 aromatic rings. The van der Waals surface area contributed by atoms with E-state index in [2.05, 4.69) is 19.9 Å². The average Bonchev–Trinajstić information content (AvgIpc) is 2.60. The standard InChI is InChI=1S/C19H23NO3S2/c1-4-13-25(21,22)23-20-16-11-7-10-15(6-3)19(16)24-17-12-8-9-14(5-2)18(17)20/h7-12H,4-6,13H2,1-3H3. The fourth-order valence-electron chi connectivity index (χ4n) is 3.00. The van der Waals surface area contributed by atoms with Crippen molar-refractivity contribution in [2.45, 2.75) is 49.8 Å². The van der Waals surface area contributed by atoms with Gasteiger partial charge in [0.25, 0.3) is 10.1 Å². The molecule has 2 aromatic carbocycles. The molecule has 3 rings (SSSR count). The second-order valence-electron chi connectivity index (χ2n) is 5.97. The molecule has 0 radical (unpaired) electrons. The van der Waals surface area contributed by atoms with Crippen molar-refractivity contribution in [2.24, 2.45) is 0 Å². The molecule has 0 atom stereocenters. The third-order valence-corrected chi connectivity index (χ3v) is 6.71. The summed E-state index contributed by atoms with van der Waals surface area (Å²) in [6.45, 7) is 6.01. The minimum absolute atomic E-state index is 0.00305. The maximum Gasteiger partial charge on any atom is 0.288 e. The van der Waals surface area contributed by atoms with Crippen molar-refractivity contribution in [1.82, 2.24) is 0 Å². The van der Waals surface area contributed by atoms with Gasteiger partial charge < -0.3 is 0 Å². The normalized spacial score (nSPS) is 13.5. The smallest absolute Gasteiger partial charge is 0.202 e. The first-order chi connectivity index (χ1) is 12.0. The molecule has 0 amide bonds. The van der Waals surface area contributed by atoms with E-state index >= 15 is 0 Å². The molecule has 0 saturated heterocycles. The molecule has 1 aliphatic heterocycles. The molecule has 0 unspecified atom stereocenters. The number of aryl methyl sites for hydroxylation is 2. The van der Waals surface area contributed by atoms with Crippen LogP contribution in [0.25, 0.3) is 0 Å². The molecule has 0 N–H and O–H groups in total. The highest BCUT2D eigenvalue weighted by molar-refractivity contribution is 7.99. The first-order valence-corrected chi connectivity index (χ1v) is 11.0. The van der Waals surface area contributed by atoms with E-state index in [4.69, 9.17) is 4.28 Å². The number of rotatable bonds is 6. The van der Waals surface area contributed by atoms with Crippen LogP contribution < -0.4 is 5.06 Å². The maximum absolute atomic E-state index is 12.4. The van der Waals surface area contributed by atoms with E-state index in [1.165, 1.54) is 10.6 Å². The molecule has 4 nitrogen and oxygen atoms in total. The van der Waals surface area contributed by atoms with Crippen LogP contribution in [0.4, 0.5) is 11.4 Å². The Hall–Kier alpha value is -1.50. The van der Waals surface area contributed by atoms with E-state index in [-0.39, 0.29) is 5.75 Å². The largest absolute Gasteiger partial charge is 0.288 e. The lowest BCUT2D eigenvalue weighted by atomic mass is 10.1. The highest BCUT2D eigenvalue weighted by atomic mass is 32.2. The molecule has 25 heavy (non-hydrogen) atoms. The topological polar surface area (TPSA) is 46.6 Å². The molecule has 6 heteroatoms. The second-order valence-corrected chi connectivity index (χ2v) is 8.69. The predicted molar refractivity (Wildman–Crippen MR) is 103 cm³/mol. The molecular formula is C19H23NO3S2. The second kappa shape index (κ2) is 7.40. The van der Waals surface area contributed by atoms with Gasteiger partial charge in [-0.25, -0.2) is 5.06 Å². The number of hydrogen-bond acceptors (Lipinski definition) is 5. The number of benzene rings is 2. The number of anilines is 2. The minimum Gasteiger partial charge on any atom is -0.202 e. The van der Waals surface area contributed by atoms with Crippen LogP contribution in [-0.4, -0.2) is 14.2 Å². The summed E-state index contributed by atoms with van der Waals surface area (Å²) in [4.78, 5) is 2.09. The number of hydrogen-bond donors (Lipinski definition) is 0. The summed E-state index contributed by atoms with van der Waals surface area (Å²) in [5, 5.41) is 1.53. The molecule has 134 valence electrons. The number of para-hydroxylation sites is 1. The van der Waals surface area contributed by atoms with Crippen molar-refractivity contribution in [1.29, 1.82) is 0 Å². The summed E-state index contributed by atoms with van der Waals surface area (Å²) >= 11 is 1.69. The fourth-order valence-corrected chi connectivity index (χ4v) is 5.23. The lowest BCUT2D eigenvalue weighted by Crippen LogP contribution is -2.27. The van der Waals surface area contributed by atoms with Gasteiger partial charge in [-0.15, -0.1) is 4.28 Å². The number of fused-ring (bicyclic) bond motifs is 2. The van der Waals surface area contributed by atoms with Gasteiger partial charge in [0.15, 0.2) is 0 Å². The molecule has 0 aromatic heterocycles. The van der Waals surface area contributed by atoms with Crippen LogP contribution in [0, 0.1) is 0 Å². The van der Waals surface area contributed by atoms with E-state index in [1.54, 1.807) is 11.8 Å². The van der Waals surface area contributed by atoms with Gasteiger partial charge >= 0.3 is 0 Å². The lowest BCUT2D eigenvalue weighted by molar-refractivity contribution is 0.318. The summed E-state index contributed by atoms with van der Waals surface area (Å²) in [7, 11) is -3.64. The van der Waals surface area contributed by atoms with Crippen molar-refractivity contribution in [3.63, 3.8) is 0 Å². The van der Waals surface area contributed by atoms with Crippen LogP contribution in [0.1, 0.15) is 38.3 Å². The van der Waals surface area contributed by atoms with Gasteiger partial charge in [0.2, 0.25) is 0 Å². The molecule has 0 bridgehead atoms. The summed E-state index contributed by atoms with van der Waals surface area (Å²) in [6, 6.07) is 12.0. The fraction of sp³-hybridized carbons (Fsp3) is 0.368. The van der Waals surface area contributed by atoms with E-state index in [9.17, 15) is 8.42 Å². The third-order valence-electron chi connectivity index (χ3n) is 4.20. The van der Waals surface area contributed by atoms with Crippen molar-refractivity contribution in [3.8, 4) is 0 Å². The van der Waals surface area contributed by atoms with Gasteiger partial charge in [-0.2, -0.15) is 8.42 Å². The van der Waals surface area contributed by atoms with Crippen LogP contribution in [0.2, 0.25) is 0 Å². The first kappa shape index (κ1) is 18.3. The Morgan fingerprint density at radius 1 is 1.00 bits per heavy atom. The zero-order chi connectivity index (χ0) is 18.0.